The number of rotatable bonds is 3. The van der Waals surface area contributed by atoms with Gasteiger partial charge in [0.15, 0.2) is 0 Å². The molecule has 0 bridgehead atoms. The lowest BCUT2D eigenvalue weighted by Gasteiger charge is -2.35. The van der Waals surface area contributed by atoms with Crippen molar-refractivity contribution in [1.29, 1.82) is 0 Å². The molecule has 0 aromatic heterocycles. The minimum Gasteiger partial charge on any atom is -0.368 e. The maximum Gasteiger partial charge on any atom is 0.0661 e. The highest BCUT2D eigenvalue weighted by Gasteiger charge is 2.16. The zero-order chi connectivity index (χ0) is 15.4. The Morgan fingerprint density at radius 3 is 2.23 bits per heavy atom. The van der Waals surface area contributed by atoms with Crippen LogP contribution < -0.4 is 4.90 Å². The number of nitrogens with zero attached hydrogens (tertiary/aromatic N) is 3. The van der Waals surface area contributed by atoms with Crippen LogP contribution in [-0.2, 0) is 0 Å². The fourth-order valence-electron chi connectivity index (χ4n) is 2.71. The smallest absolute Gasteiger partial charge is 0.0661 e. The molecule has 22 heavy (non-hydrogen) atoms. The van der Waals surface area contributed by atoms with Crippen LogP contribution in [0.15, 0.2) is 59.7 Å². The van der Waals surface area contributed by atoms with Crippen LogP contribution >= 0.6 is 11.6 Å². The van der Waals surface area contributed by atoms with Crippen molar-refractivity contribution in [2.24, 2.45) is 5.10 Å². The molecule has 3 nitrogen and oxygen atoms in total. The predicted octanol–water partition coefficient (Wildman–Crippen LogP) is 3.89. The van der Waals surface area contributed by atoms with E-state index in [1.54, 1.807) is 0 Å². The van der Waals surface area contributed by atoms with Crippen LogP contribution in [0, 0.1) is 0 Å². The quantitative estimate of drug-likeness (QED) is 0.801. The molecule has 0 amide bonds. The Morgan fingerprint density at radius 1 is 0.909 bits per heavy atom. The number of hydrogen-bond acceptors (Lipinski definition) is 3. The van der Waals surface area contributed by atoms with Crippen molar-refractivity contribution in [3.05, 3.63) is 65.2 Å². The summed E-state index contributed by atoms with van der Waals surface area (Å²) >= 11 is 6.23. The van der Waals surface area contributed by atoms with E-state index in [0.717, 1.165) is 42.5 Å². The SMILES string of the molecule is C/C(=N/N1CCN(c2ccccc2)CC1)c1ccccc1Cl. The maximum atomic E-state index is 6.23. The Bertz CT molecular complexity index is 646. The second-order valence-electron chi connectivity index (χ2n) is 5.44. The van der Waals surface area contributed by atoms with E-state index in [1.165, 1.54) is 5.69 Å². The number of benzene rings is 2. The summed E-state index contributed by atoms with van der Waals surface area (Å²) in [6.45, 7) is 5.85. The molecule has 1 aliphatic heterocycles. The number of para-hydroxylation sites is 1. The molecule has 1 fully saturated rings. The molecule has 1 saturated heterocycles. The molecule has 1 aliphatic rings. The van der Waals surface area contributed by atoms with Gasteiger partial charge in [-0.3, -0.25) is 5.01 Å². The summed E-state index contributed by atoms with van der Waals surface area (Å²) in [5.41, 5.74) is 3.27. The van der Waals surface area contributed by atoms with Crippen molar-refractivity contribution in [3.63, 3.8) is 0 Å². The average Bonchev–Trinajstić information content (AvgIpc) is 2.57. The van der Waals surface area contributed by atoms with Crippen LogP contribution in [0.25, 0.3) is 0 Å². The van der Waals surface area contributed by atoms with Gasteiger partial charge >= 0.3 is 0 Å². The van der Waals surface area contributed by atoms with Crippen molar-refractivity contribution >= 4 is 23.0 Å². The molecule has 0 radical (unpaired) electrons. The Balaban J connectivity index is 1.64. The normalized spacial score (nSPS) is 16.0. The van der Waals surface area contributed by atoms with Crippen LogP contribution in [0.4, 0.5) is 5.69 Å². The van der Waals surface area contributed by atoms with Crippen molar-refractivity contribution in [2.75, 3.05) is 31.1 Å². The lowest BCUT2D eigenvalue weighted by atomic mass is 10.1. The Labute approximate surface area is 136 Å². The molecule has 2 aromatic carbocycles. The number of anilines is 1. The minimum absolute atomic E-state index is 0.756. The van der Waals surface area contributed by atoms with E-state index in [1.807, 2.05) is 31.2 Å². The molecule has 4 heteroatoms. The van der Waals surface area contributed by atoms with Gasteiger partial charge in [-0.05, 0) is 25.1 Å². The molecule has 0 saturated carbocycles. The van der Waals surface area contributed by atoms with Crippen molar-refractivity contribution in [3.8, 4) is 0 Å². The second kappa shape index (κ2) is 6.84. The van der Waals surface area contributed by atoms with Crippen LogP contribution in [0.3, 0.4) is 0 Å². The van der Waals surface area contributed by atoms with Crippen LogP contribution in [0.5, 0.6) is 0 Å². The number of hydrazone groups is 1. The highest BCUT2D eigenvalue weighted by molar-refractivity contribution is 6.34. The zero-order valence-corrected chi connectivity index (χ0v) is 13.5. The zero-order valence-electron chi connectivity index (χ0n) is 12.7. The van der Waals surface area contributed by atoms with Gasteiger partial charge in [0.1, 0.15) is 0 Å². The van der Waals surface area contributed by atoms with Crippen molar-refractivity contribution in [2.45, 2.75) is 6.92 Å². The van der Waals surface area contributed by atoms with Gasteiger partial charge in [0.2, 0.25) is 0 Å². The third kappa shape index (κ3) is 3.42. The fraction of sp³-hybridized carbons (Fsp3) is 0.278. The summed E-state index contributed by atoms with van der Waals surface area (Å²) < 4.78 is 0. The number of piperazine rings is 1. The van der Waals surface area contributed by atoms with Crippen LogP contribution in [0.2, 0.25) is 5.02 Å². The third-order valence-corrected chi connectivity index (χ3v) is 4.26. The van der Waals surface area contributed by atoms with Gasteiger partial charge in [-0.25, -0.2) is 0 Å². The maximum absolute atomic E-state index is 6.23. The van der Waals surface area contributed by atoms with Gasteiger partial charge in [-0.1, -0.05) is 48.0 Å². The van der Waals surface area contributed by atoms with Crippen LogP contribution in [0.1, 0.15) is 12.5 Å². The summed E-state index contributed by atoms with van der Waals surface area (Å²) in [7, 11) is 0. The largest absolute Gasteiger partial charge is 0.368 e. The highest BCUT2D eigenvalue weighted by Crippen LogP contribution is 2.18. The van der Waals surface area contributed by atoms with E-state index in [0.29, 0.717) is 0 Å². The van der Waals surface area contributed by atoms with E-state index < -0.39 is 0 Å². The van der Waals surface area contributed by atoms with Gasteiger partial charge in [0, 0.05) is 29.4 Å². The Morgan fingerprint density at radius 2 is 1.55 bits per heavy atom. The lowest BCUT2D eigenvalue weighted by molar-refractivity contribution is 0.270. The summed E-state index contributed by atoms with van der Waals surface area (Å²) in [6, 6.07) is 18.4. The molecule has 1 heterocycles. The molecular weight excluding hydrogens is 294 g/mol. The number of hydrogen-bond donors (Lipinski definition) is 0. The predicted molar refractivity (Wildman–Crippen MR) is 93.9 cm³/mol. The number of halogens is 1. The first-order valence-corrected chi connectivity index (χ1v) is 7.97. The molecule has 3 rings (SSSR count). The molecule has 0 spiro atoms. The summed E-state index contributed by atoms with van der Waals surface area (Å²) in [5, 5.41) is 7.63. The van der Waals surface area contributed by atoms with Gasteiger partial charge < -0.3 is 4.90 Å². The third-order valence-electron chi connectivity index (χ3n) is 3.93. The molecule has 2 aromatic rings. The average molecular weight is 314 g/mol. The molecule has 0 N–H and O–H groups in total. The van der Waals surface area contributed by atoms with Crippen molar-refractivity contribution in [1.82, 2.24) is 5.01 Å². The lowest BCUT2D eigenvalue weighted by Crippen LogP contribution is -2.44. The Hall–Kier alpha value is -2.00. The van der Waals surface area contributed by atoms with Gasteiger partial charge in [0.05, 0.1) is 18.8 Å². The van der Waals surface area contributed by atoms with Crippen molar-refractivity contribution < 1.29 is 0 Å². The molecule has 0 aliphatic carbocycles. The summed E-state index contributed by atoms with van der Waals surface area (Å²) in [6.07, 6.45) is 0. The van der Waals surface area contributed by atoms with Gasteiger partial charge in [-0.15, -0.1) is 0 Å². The first kappa shape index (κ1) is 14.9. The van der Waals surface area contributed by atoms with Crippen LogP contribution in [-0.4, -0.2) is 36.9 Å². The monoisotopic (exact) mass is 313 g/mol. The van der Waals surface area contributed by atoms with E-state index in [-0.39, 0.29) is 0 Å². The van der Waals surface area contributed by atoms with Gasteiger partial charge in [-0.2, -0.15) is 5.10 Å². The standard InChI is InChI=1S/C18H20ClN3/c1-15(17-9-5-6-10-18(17)19)20-22-13-11-21(12-14-22)16-7-3-2-4-8-16/h2-10H,11-14H2,1H3/b20-15-. The van der Waals surface area contributed by atoms with E-state index in [2.05, 4.69) is 40.2 Å². The minimum atomic E-state index is 0.756. The highest BCUT2D eigenvalue weighted by atomic mass is 35.5. The topological polar surface area (TPSA) is 18.8 Å². The Kier molecular flexibility index (Phi) is 4.64. The molecule has 0 unspecified atom stereocenters. The summed E-state index contributed by atoms with van der Waals surface area (Å²) in [5.74, 6) is 0. The first-order chi connectivity index (χ1) is 10.7. The summed E-state index contributed by atoms with van der Waals surface area (Å²) in [4.78, 5) is 2.40. The van der Waals surface area contributed by atoms with E-state index in [4.69, 9.17) is 16.7 Å². The fourth-order valence-corrected chi connectivity index (χ4v) is 2.99. The first-order valence-electron chi connectivity index (χ1n) is 7.59. The molecular formula is C18H20ClN3. The molecule has 0 atom stereocenters. The van der Waals surface area contributed by atoms with E-state index >= 15 is 0 Å². The second-order valence-corrected chi connectivity index (χ2v) is 5.85. The van der Waals surface area contributed by atoms with Gasteiger partial charge in [0.25, 0.3) is 0 Å². The van der Waals surface area contributed by atoms with E-state index in [9.17, 15) is 0 Å². The molecule has 114 valence electrons.